The molecule has 1 amide bonds. The fraction of sp³-hybridized carbons (Fsp3) is 0.571. The molecule has 0 radical (unpaired) electrons. The van der Waals surface area contributed by atoms with E-state index in [0.717, 1.165) is 18.5 Å². The highest BCUT2D eigenvalue weighted by atomic mass is 16.2. The Kier molecular flexibility index (Phi) is 5.62. The van der Waals surface area contributed by atoms with Crippen LogP contribution in [0.25, 0.3) is 6.08 Å². The molecule has 0 fully saturated rings. The summed E-state index contributed by atoms with van der Waals surface area (Å²) in [7, 11) is 0. The fourth-order valence-electron chi connectivity index (χ4n) is 1.87. The second kappa shape index (κ2) is 6.99. The van der Waals surface area contributed by atoms with E-state index in [9.17, 15) is 4.79 Å². The number of amides is 1. The zero-order valence-electron chi connectivity index (χ0n) is 11.7. The number of rotatable bonds is 6. The summed E-state index contributed by atoms with van der Waals surface area (Å²) in [5.41, 5.74) is 0.844. The molecule has 2 unspecified atom stereocenters. The van der Waals surface area contributed by atoms with E-state index in [1.54, 1.807) is 24.7 Å². The summed E-state index contributed by atoms with van der Waals surface area (Å²) in [5, 5.41) is 0. The van der Waals surface area contributed by atoms with E-state index >= 15 is 0 Å². The van der Waals surface area contributed by atoms with Gasteiger partial charge in [0.2, 0.25) is 5.91 Å². The number of hydrogen-bond acceptors (Lipinski definition) is 2. The summed E-state index contributed by atoms with van der Waals surface area (Å²) in [6.45, 7) is 8.39. The van der Waals surface area contributed by atoms with Crippen LogP contribution in [0.1, 0.15) is 46.2 Å². The van der Waals surface area contributed by atoms with E-state index in [4.69, 9.17) is 0 Å². The van der Waals surface area contributed by atoms with Crippen LogP contribution in [0.15, 0.2) is 18.6 Å². The van der Waals surface area contributed by atoms with Gasteiger partial charge in [-0.05, 0) is 32.8 Å². The second-order valence-electron chi connectivity index (χ2n) is 4.60. The van der Waals surface area contributed by atoms with Gasteiger partial charge in [-0.15, -0.1) is 0 Å². The van der Waals surface area contributed by atoms with Crippen LogP contribution in [0.5, 0.6) is 0 Å². The summed E-state index contributed by atoms with van der Waals surface area (Å²) in [6.07, 6.45) is 8.62. The number of nitrogens with zero attached hydrogens (tertiary/aromatic N) is 2. The van der Waals surface area contributed by atoms with Crippen molar-refractivity contribution in [3.8, 4) is 0 Å². The van der Waals surface area contributed by atoms with Crippen molar-refractivity contribution in [2.24, 2.45) is 0 Å². The molecule has 100 valence electrons. The molecule has 1 aromatic heterocycles. The highest BCUT2D eigenvalue weighted by molar-refractivity contribution is 5.91. The average Bonchev–Trinajstić information content (AvgIpc) is 2.89. The highest BCUT2D eigenvalue weighted by Gasteiger charge is 2.21. The van der Waals surface area contributed by atoms with Gasteiger partial charge in [0.15, 0.2) is 0 Å². The van der Waals surface area contributed by atoms with Crippen molar-refractivity contribution in [1.82, 2.24) is 14.9 Å². The zero-order valence-corrected chi connectivity index (χ0v) is 11.7. The van der Waals surface area contributed by atoms with Crippen LogP contribution in [-0.4, -0.2) is 32.9 Å². The Morgan fingerprint density at radius 3 is 2.44 bits per heavy atom. The standard InChI is InChI=1S/C14H23N3O/c1-5-11(3)17(12(4)6-2)14(18)8-7-13-9-15-10-16-13/h7-12H,5-6H2,1-4H3,(H,15,16)/b8-7+. The number of nitrogens with one attached hydrogen (secondary N) is 1. The predicted molar refractivity (Wildman–Crippen MR) is 74.0 cm³/mol. The summed E-state index contributed by atoms with van der Waals surface area (Å²) in [4.78, 5) is 21.1. The third kappa shape index (κ3) is 3.72. The van der Waals surface area contributed by atoms with Crippen LogP contribution in [0.3, 0.4) is 0 Å². The number of carbonyl (C=O) groups excluding carboxylic acids is 1. The lowest BCUT2D eigenvalue weighted by Gasteiger charge is -2.33. The Morgan fingerprint density at radius 1 is 1.39 bits per heavy atom. The molecule has 1 N–H and O–H groups in total. The minimum Gasteiger partial charge on any atom is -0.345 e. The van der Waals surface area contributed by atoms with Crippen LogP contribution in [0.4, 0.5) is 0 Å². The van der Waals surface area contributed by atoms with Gasteiger partial charge < -0.3 is 9.88 Å². The quantitative estimate of drug-likeness (QED) is 0.788. The molecule has 1 rings (SSSR count). The zero-order chi connectivity index (χ0) is 13.5. The van der Waals surface area contributed by atoms with Crippen LogP contribution in [0, 0.1) is 0 Å². The Balaban J connectivity index is 2.76. The lowest BCUT2D eigenvalue weighted by atomic mass is 10.1. The monoisotopic (exact) mass is 249 g/mol. The molecule has 4 nitrogen and oxygen atoms in total. The number of H-pyrrole nitrogens is 1. The van der Waals surface area contributed by atoms with Gasteiger partial charge in [-0.1, -0.05) is 13.8 Å². The van der Waals surface area contributed by atoms with Gasteiger partial charge in [-0.25, -0.2) is 4.98 Å². The second-order valence-corrected chi connectivity index (χ2v) is 4.60. The van der Waals surface area contributed by atoms with Gasteiger partial charge >= 0.3 is 0 Å². The van der Waals surface area contributed by atoms with E-state index in [1.807, 2.05) is 4.90 Å². The van der Waals surface area contributed by atoms with E-state index in [1.165, 1.54) is 0 Å². The lowest BCUT2D eigenvalue weighted by molar-refractivity contribution is -0.130. The van der Waals surface area contributed by atoms with Crippen molar-refractivity contribution in [2.45, 2.75) is 52.6 Å². The number of hydrogen-bond donors (Lipinski definition) is 1. The van der Waals surface area contributed by atoms with E-state index in [-0.39, 0.29) is 18.0 Å². The molecule has 0 aliphatic carbocycles. The molecule has 0 bridgehead atoms. The molecule has 4 heteroatoms. The molecule has 1 heterocycles. The lowest BCUT2D eigenvalue weighted by Crippen LogP contribution is -2.43. The maximum Gasteiger partial charge on any atom is 0.247 e. The number of aromatic amines is 1. The van der Waals surface area contributed by atoms with E-state index < -0.39 is 0 Å². The Bertz CT molecular complexity index is 374. The normalized spacial score (nSPS) is 14.7. The van der Waals surface area contributed by atoms with Crippen LogP contribution >= 0.6 is 0 Å². The molecule has 0 saturated carbocycles. The molecule has 18 heavy (non-hydrogen) atoms. The molecule has 0 aliphatic heterocycles. The van der Waals surface area contributed by atoms with Gasteiger partial charge in [0.1, 0.15) is 0 Å². The van der Waals surface area contributed by atoms with Crippen molar-refractivity contribution in [2.75, 3.05) is 0 Å². The summed E-state index contributed by atoms with van der Waals surface area (Å²) in [5.74, 6) is 0.0632. The smallest absolute Gasteiger partial charge is 0.247 e. The highest BCUT2D eigenvalue weighted by Crippen LogP contribution is 2.13. The number of aromatic nitrogens is 2. The van der Waals surface area contributed by atoms with Gasteiger partial charge in [0, 0.05) is 18.2 Å². The van der Waals surface area contributed by atoms with Crippen LogP contribution in [-0.2, 0) is 4.79 Å². The number of imidazole rings is 1. The third-order valence-corrected chi connectivity index (χ3v) is 3.31. The first-order valence-corrected chi connectivity index (χ1v) is 6.58. The summed E-state index contributed by atoms with van der Waals surface area (Å²) >= 11 is 0. The SMILES string of the molecule is CCC(C)N(C(=O)/C=C/c1cnc[nH]1)C(C)CC. The van der Waals surface area contributed by atoms with Crippen molar-refractivity contribution >= 4 is 12.0 Å². The summed E-state index contributed by atoms with van der Waals surface area (Å²) in [6, 6.07) is 0.526. The van der Waals surface area contributed by atoms with Gasteiger partial charge in [0.25, 0.3) is 0 Å². The van der Waals surface area contributed by atoms with Gasteiger partial charge in [0.05, 0.1) is 18.2 Å². The first kappa shape index (κ1) is 14.5. The van der Waals surface area contributed by atoms with Crippen molar-refractivity contribution in [3.63, 3.8) is 0 Å². The summed E-state index contributed by atoms with van der Waals surface area (Å²) < 4.78 is 0. The topological polar surface area (TPSA) is 49.0 Å². The van der Waals surface area contributed by atoms with Crippen LogP contribution in [0.2, 0.25) is 0 Å². The molecular weight excluding hydrogens is 226 g/mol. The third-order valence-electron chi connectivity index (χ3n) is 3.31. The average molecular weight is 249 g/mol. The van der Waals surface area contributed by atoms with E-state index in [2.05, 4.69) is 37.7 Å². The largest absolute Gasteiger partial charge is 0.345 e. The predicted octanol–water partition coefficient (Wildman–Crippen LogP) is 2.85. The molecular formula is C14H23N3O. The van der Waals surface area contributed by atoms with Crippen molar-refractivity contribution in [3.05, 3.63) is 24.3 Å². The molecule has 1 aromatic rings. The number of carbonyl (C=O) groups is 1. The maximum atomic E-state index is 12.2. The Morgan fingerprint density at radius 2 is 2.00 bits per heavy atom. The van der Waals surface area contributed by atoms with Gasteiger partial charge in [-0.2, -0.15) is 0 Å². The molecule has 0 spiro atoms. The minimum atomic E-state index is 0.0632. The molecule has 0 aromatic carbocycles. The van der Waals surface area contributed by atoms with Crippen molar-refractivity contribution < 1.29 is 4.79 Å². The molecule has 2 atom stereocenters. The van der Waals surface area contributed by atoms with Crippen molar-refractivity contribution in [1.29, 1.82) is 0 Å². The Labute approximate surface area is 109 Å². The molecule has 0 aliphatic rings. The first-order valence-electron chi connectivity index (χ1n) is 6.58. The Hall–Kier alpha value is -1.58. The van der Waals surface area contributed by atoms with E-state index in [0.29, 0.717) is 0 Å². The van der Waals surface area contributed by atoms with Gasteiger partial charge in [-0.3, -0.25) is 4.79 Å². The fourth-order valence-corrected chi connectivity index (χ4v) is 1.87. The molecule has 0 saturated heterocycles. The van der Waals surface area contributed by atoms with Crippen LogP contribution < -0.4 is 0 Å². The minimum absolute atomic E-state index is 0.0632. The first-order chi connectivity index (χ1) is 8.60. The maximum absolute atomic E-state index is 12.2.